The first-order chi connectivity index (χ1) is 14.1. The third kappa shape index (κ3) is 3.07. The Kier molecular flexibility index (Phi) is 4.67. The molecule has 2 aromatic rings. The van der Waals surface area contributed by atoms with Crippen LogP contribution < -0.4 is 16.0 Å². The fourth-order valence-electron chi connectivity index (χ4n) is 5.09. The first-order valence-corrected chi connectivity index (χ1v) is 10.7. The van der Waals surface area contributed by atoms with Crippen molar-refractivity contribution in [3.05, 3.63) is 40.4 Å². The topological polar surface area (TPSA) is 92.3 Å². The van der Waals surface area contributed by atoms with Gasteiger partial charge in [-0.3, -0.25) is 4.99 Å². The van der Waals surface area contributed by atoms with Crippen LogP contribution in [0.1, 0.15) is 49.1 Å². The molecule has 3 N–H and O–H groups in total. The summed E-state index contributed by atoms with van der Waals surface area (Å²) in [5.74, 6) is 1.58. The van der Waals surface area contributed by atoms with Crippen molar-refractivity contribution in [3.8, 4) is 0 Å². The van der Waals surface area contributed by atoms with Gasteiger partial charge in [0.25, 0.3) is 0 Å². The zero-order valence-corrected chi connectivity index (χ0v) is 17.4. The van der Waals surface area contributed by atoms with Crippen LogP contribution in [-0.4, -0.2) is 46.8 Å². The average Bonchev–Trinajstić information content (AvgIpc) is 3.32. The number of piperidine rings is 1. The van der Waals surface area contributed by atoms with Gasteiger partial charge in [0.15, 0.2) is 0 Å². The van der Waals surface area contributed by atoms with Crippen LogP contribution >= 0.6 is 11.6 Å². The van der Waals surface area contributed by atoms with Gasteiger partial charge in [-0.15, -0.1) is 0 Å². The number of rotatable bonds is 3. The fourth-order valence-corrected chi connectivity index (χ4v) is 5.38. The Morgan fingerprint density at radius 1 is 1.24 bits per heavy atom. The number of nitrogens with zero attached hydrogens (tertiary/aromatic N) is 5. The number of hydrogen-bond acceptors (Lipinski definition) is 7. The van der Waals surface area contributed by atoms with E-state index in [2.05, 4.69) is 20.2 Å². The first kappa shape index (κ1) is 18.8. The van der Waals surface area contributed by atoms with Gasteiger partial charge in [0.2, 0.25) is 0 Å². The van der Waals surface area contributed by atoms with Crippen molar-refractivity contribution in [1.29, 1.82) is 0 Å². The Bertz CT molecular complexity index is 965. The van der Waals surface area contributed by atoms with Crippen molar-refractivity contribution >= 4 is 28.9 Å². The second-order valence-electron chi connectivity index (χ2n) is 8.31. The predicted octanol–water partition coefficient (Wildman–Crippen LogP) is 3.02. The number of nitrogens with two attached hydrogens (primary N) is 1. The number of pyridine rings is 1. The van der Waals surface area contributed by atoms with Gasteiger partial charge in [-0.1, -0.05) is 18.0 Å². The molecule has 1 spiro atoms. The summed E-state index contributed by atoms with van der Waals surface area (Å²) in [4.78, 5) is 20.9. The van der Waals surface area contributed by atoms with Crippen molar-refractivity contribution in [1.82, 2.24) is 15.0 Å². The molecule has 1 saturated heterocycles. The zero-order valence-electron chi connectivity index (χ0n) is 16.7. The van der Waals surface area contributed by atoms with Gasteiger partial charge >= 0.3 is 0 Å². The van der Waals surface area contributed by atoms with Crippen LogP contribution in [0.5, 0.6) is 0 Å². The van der Waals surface area contributed by atoms with Crippen LogP contribution in [-0.2, 0) is 6.54 Å². The molecular formula is C21H26ClN7. The van der Waals surface area contributed by atoms with E-state index < -0.39 is 0 Å². The zero-order chi connectivity index (χ0) is 20.0. The number of nitrogens with one attached hydrogen (secondary N) is 1. The molecule has 2 fully saturated rings. The van der Waals surface area contributed by atoms with Gasteiger partial charge in [-0.25, -0.2) is 15.0 Å². The maximum absolute atomic E-state index is 6.51. The second kappa shape index (κ2) is 7.22. The van der Waals surface area contributed by atoms with Crippen molar-refractivity contribution in [2.45, 2.75) is 44.7 Å². The van der Waals surface area contributed by atoms with Gasteiger partial charge in [0, 0.05) is 37.9 Å². The van der Waals surface area contributed by atoms with Crippen molar-refractivity contribution in [2.75, 3.05) is 30.4 Å². The van der Waals surface area contributed by atoms with Crippen LogP contribution in [0.3, 0.4) is 0 Å². The van der Waals surface area contributed by atoms with E-state index in [0.717, 1.165) is 54.4 Å². The molecule has 5 rings (SSSR count). The van der Waals surface area contributed by atoms with Crippen molar-refractivity contribution < 1.29 is 0 Å². The van der Waals surface area contributed by atoms with E-state index in [-0.39, 0.29) is 0 Å². The van der Waals surface area contributed by atoms with Gasteiger partial charge in [0.05, 0.1) is 29.2 Å². The molecule has 152 valence electrons. The summed E-state index contributed by atoms with van der Waals surface area (Å²) in [5, 5.41) is 3.57. The van der Waals surface area contributed by atoms with Crippen LogP contribution in [0.2, 0.25) is 5.02 Å². The van der Waals surface area contributed by atoms with Crippen LogP contribution in [0, 0.1) is 5.41 Å². The summed E-state index contributed by atoms with van der Waals surface area (Å²) in [6.45, 7) is 2.52. The first-order valence-electron chi connectivity index (χ1n) is 10.4. The lowest BCUT2D eigenvalue weighted by Crippen LogP contribution is -2.47. The summed E-state index contributed by atoms with van der Waals surface area (Å²) in [5.41, 5.74) is 10.1. The second-order valence-corrected chi connectivity index (χ2v) is 8.69. The number of hydrogen-bond donors (Lipinski definition) is 2. The SMILES string of the molecule is CNc1nccc(C2=NCc3nc(N4CCC5(CCC[C@H]5N)CC4)cnc32)c1Cl. The van der Waals surface area contributed by atoms with E-state index in [9.17, 15) is 0 Å². The molecule has 2 aliphatic heterocycles. The number of anilines is 2. The molecule has 1 aliphatic carbocycles. The van der Waals surface area contributed by atoms with Gasteiger partial charge < -0.3 is 16.0 Å². The third-order valence-corrected chi connectivity index (χ3v) is 7.27. The molecule has 0 radical (unpaired) electrons. The van der Waals surface area contributed by atoms with Gasteiger partial charge in [0.1, 0.15) is 17.3 Å². The molecule has 1 saturated carbocycles. The Morgan fingerprint density at radius 3 is 2.79 bits per heavy atom. The summed E-state index contributed by atoms with van der Waals surface area (Å²) in [6.07, 6.45) is 9.61. The molecule has 3 aliphatic rings. The average molecular weight is 412 g/mol. The largest absolute Gasteiger partial charge is 0.372 e. The minimum atomic E-state index is 0.347. The molecule has 7 nitrogen and oxygen atoms in total. The smallest absolute Gasteiger partial charge is 0.147 e. The predicted molar refractivity (Wildman–Crippen MR) is 116 cm³/mol. The lowest BCUT2D eigenvalue weighted by Gasteiger charge is -2.42. The van der Waals surface area contributed by atoms with E-state index in [0.29, 0.717) is 28.8 Å². The number of aromatic nitrogens is 3. The molecule has 2 aromatic heterocycles. The molecule has 0 unspecified atom stereocenters. The molecule has 0 amide bonds. The van der Waals surface area contributed by atoms with E-state index in [1.54, 1.807) is 13.2 Å². The number of halogens is 1. The third-order valence-electron chi connectivity index (χ3n) is 6.88. The quantitative estimate of drug-likeness (QED) is 0.806. The normalized spacial score (nSPS) is 22.7. The highest BCUT2D eigenvalue weighted by Crippen LogP contribution is 2.45. The van der Waals surface area contributed by atoms with Gasteiger partial charge in [-0.05, 0) is 37.2 Å². The Morgan fingerprint density at radius 2 is 2.07 bits per heavy atom. The minimum absolute atomic E-state index is 0.347. The van der Waals surface area contributed by atoms with Crippen LogP contribution in [0.15, 0.2) is 23.5 Å². The number of aliphatic imine (C=N–C) groups is 1. The van der Waals surface area contributed by atoms with Crippen LogP contribution in [0.25, 0.3) is 0 Å². The fraction of sp³-hybridized carbons (Fsp3) is 0.524. The Balaban J connectivity index is 1.36. The lowest BCUT2D eigenvalue weighted by molar-refractivity contribution is 0.197. The van der Waals surface area contributed by atoms with E-state index in [4.69, 9.17) is 27.3 Å². The summed E-state index contributed by atoms with van der Waals surface area (Å²) in [7, 11) is 1.80. The van der Waals surface area contributed by atoms with Gasteiger partial charge in [-0.2, -0.15) is 0 Å². The molecule has 0 aromatic carbocycles. The summed E-state index contributed by atoms with van der Waals surface area (Å²) >= 11 is 6.51. The highest BCUT2D eigenvalue weighted by Gasteiger charge is 2.43. The van der Waals surface area contributed by atoms with Crippen molar-refractivity contribution in [3.63, 3.8) is 0 Å². The molecule has 4 heterocycles. The van der Waals surface area contributed by atoms with E-state index in [1.165, 1.54) is 19.3 Å². The molecule has 8 heteroatoms. The van der Waals surface area contributed by atoms with E-state index in [1.807, 2.05) is 12.3 Å². The van der Waals surface area contributed by atoms with Crippen LogP contribution in [0.4, 0.5) is 11.6 Å². The Labute approximate surface area is 175 Å². The standard InChI is InChI=1S/C21H26ClN7/c1-24-20-17(22)13(4-8-25-20)18-19-14(11-26-18)28-16(12-27-19)29-9-6-21(7-10-29)5-2-3-15(21)23/h4,8,12,15H,2-3,5-7,9-11,23H2,1H3,(H,24,25)/t15-/m1/s1. The molecule has 1 atom stereocenters. The molecule has 0 bridgehead atoms. The lowest BCUT2D eigenvalue weighted by atomic mass is 9.74. The highest BCUT2D eigenvalue weighted by atomic mass is 35.5. The highest BCUT2D eigenvalue weighted by molar-refractivity contribution is 6.37. The summed E-state index contributed by atoms with van der Waals surface area (Å²) < 4.78 is 0. The monoisotopic (exact) mass is 411 g/mol. The summed E-state index contributed by atoms with van der Waals surface area (Å²) in [6, 6.07) is 2.24. The maximum Gasteiger partial charge on any atom is 0.147 e. The Hall–Kier alpha value is -2.25. The maximum atomic E-state index is 6.51. The minimum Gasteiger partial charge on any atom is -0.372 e. The van der Waals surface area contributed by atoms with Crippen molar-refractivity contribution in [2.24, 2.45) is 16.1 Å². The molecular weight excluding hydrogens is 386 g/mol. The van der Waals surface area contributed by atoms with E-state index >= 15 is 0 Å². The number of fused-ring (bicyclic) bond motifs is 1. The molecule has 29 heavy (non-hydrogen) atoms.